The van der Waals surface area contributed by atoms with Crippen LogP contribution in [0.1, 0.15) is 11.4 Å². The highest BCUT2D eigenvalue weighted by Gasteiger charge is 2.14. The lowest BCUT2D eigenvalue weighted by molar-refractivity contribution is 0.505. The normalized spacial score (nSPS) is 12.0. The van der Waals surface area contributed by atoms with E-state index in [2.05, 4.69) is 9.71 Å². The summed E-state index contributed by atoms with van der Waals surface area (Å²) >= 11 is 0. The van der Waals surface area contributed by atoms with Crippen molar-refractivity contribution in [3.63, 3.8) is 0 Å². The van der Waals surface area contributed by atoms with Crippen molar-refractivity contribution in [1.29, 1.82) is 0 Å². The summed E-state index contributed by atoms with van der Waals surface area (Å²) in [4.78, 5) is 4.19. The Morgan fingerprint density at radius 3 is 2.60 bits per heavy atom. The minimum atomic E-state index is -3.43. The molecule has 0 saturated carbocycles. The van der Waals surface area contributed by atoms with Crippen molar-refractivity contribution in [2.24, 2.45) is 0 Å². The fraction of sp³-hybridized carbons (Fsp3) is 0.308. The SMILES string of the molecule is Cc1nccn1-c1ccccc1CNS(=O)(=O)N(C)C. The Kier molecular flexibility index (Phi) is 4.22. The van der Waals surface area contributed by atoms with E-state index in [4.69, 9.17) is 0 Å². The fourth-order valence-corrected chi connectivity index (χ4v) is 2.42. The van der Waals surface area contributed by atoms with E-state index in [0.717, 1.165) is 21.4 Å². The molecular formula is C13H18N4O2S. The van der Waals surface area contributed by atoms with Crippen molar-refractivity contribution in [2.45, 2.75) is 13.5 Å². The van der Waals surface area contributed by atoms with Gasteiger partial charge in [0.2, 0.25) is 0 Å². The third-order valence-electron chi connectivity index (χ3n) is 3.00. The van der Waals surface area contributed by atoms with Crippen LogP contribution in [-0.4, -0.2) is 36.4 Å². The molecule has 0 saturated heterocycles. The van der Waals surface area contributed by atoms with Crippen LogP contribution in [0.4, 0.5) is 0 Å². The van der Waals surface area contributed by atoms with Gasteiger partial charge in [0.15, 0.2) is 0 Å². The summed E-state index contributed by atoms with van der Waals surface area (Å²) in [7, 11) is -0.445. The lowest BCUT2D eigenvalue weighted by Gasteiger charge is -2.15. The number of hydrogen-bond donors (Lipinski definition) is 1. The summed E-state index contributed by atoms with van der Waals surface area (Å²) < 4.78 is 29.2. The second-order valence-corrected chi connectivity index (χ2v) is 6.55. The molecule has 0 atom stereocenters. The summed E-state index contributed by atoms with van der Waals surface area (Å²) in [6, 6.07) is 7.63. The van der Waals surface area contributed by atoms with Crippen LogP contribution in [-0.2, 0) is 16.8 Å². The predicted octanol–water partition coefficient (Wildman–Crippen LogP) is 1.08. The fourth-order valence-electron chi connectivity index (χ4n) is 1.83. The minimum Gasteiger partial charge on any atom is -0.304 e. The van der Waals surface area contributed by atoms with Gasteiger partial charge in [0.25, 0.3) is 10.2 Å². The van der Waals surface area contributed by atoms with Crippen LogP contribution >= 0.6 is 0 Å². The molecule has 0 spiro atoms. The summed E-state index contributed by atoms with van der Waals surface area (Å²) in [5.41, 5.74) is 1.81. The minimum absolute atomic E-state index is 0.230. The molecule has 0 bridgehead atoms. The van der Waals surface area contributed by atoms with Crippen molar-refractivity contribution < 1.29 is 8.42 Å². The molecule has 0 amide bonds. The third kappa shape index (κ3) is 3.06. The Morgan fingerprint density at radius 2 is 2.00 bits per heavy atom. The van der Waals surface area contributed by atoms with Gasteiger partial charge in [-0.15, -0.1) is 0 Å². The van der Waals surface area contributed by atoms with Gasteiger partial charge in [0, 0.05) is 33.0 Å². The molecule has 0 aliphatic rings. The lowest BCUT2D eigenvalue weighted by Crippen LogP contribution is -2.35. The van der Waals surface area contributed by atoms with E-state index in [1.54, 1.807) is 6.20 Å². The molecule has 0 unspecified atom stereocenters. The molecule has 0 aliphatic heterocycles. The topological polar surface area (TPSA) is 67.2 Å². The number of nitrogens with zero attached hydrogens (tertiary/aromatic N) is 3. The first kappa shape index (κ1) is 14.7. The van der Waals surface area contributed by atoms with Crippen LogP contribution in [0.25, 0.3) is 5.69 Å². The van der Waals surface area contributed by atoms with Gasteiger partial charge in [0.05, 0.1) is 5.69 Å². The van der Waals surface area contributed by atoms with Gasteiger partial charge in [-0.05, 0) is 18.6 Å². The van der Waals surface area contributed by atoms with Crippen molar-refractivity contribution in [2.75, 3.05) is 14.1 Å². The maximum absolute atomic E-state index is 11.8. The zero-order valence-electron chi connectivity index (χ0n) is 11.7. The first-order valence-corrected chi connectivity index (χ1v) is 7.61. The van der Waals surface area contributed by atoms with Crippen LogP contribution in [0.5, 0.6) is 0 Å². The number of aryl methyl sites for hydroxylation is 1. The maximum Gasteiger partial charge on any atom is 0.279 e. The number of aromatic nitrogens is 2. The molecule has 2 rings (SSSR count). The van der Waals surface area contributed by atoms with Gasteiger partial charge in [0.1, 0.15) is 5.82 Å². The van der Waals surface area contributed by atoms with Crippen LogP contribution in [0.2, 0.25) is 0 Å². The molecule has 0 aliphatic carbocycles. The average Bonchev–Trinajstić information content (AvgIpc) is 2.83. The Bertz CT molecular complexity index is 692. The predicted molar refractivity (Wildman–Crippen MR) is 77.7 cm³/mol. The van der Waals surface area contributed by atoms with Crippen molar-refractivity contribution >= 4 is 10.2 Å². The quantitative estimate of drug-likeness (QED) is 0.897. The first-order valence-electron chi connectivity index (χ1n) is 6.17. The molecule has 1 N–H and O–H groups in total. The van der Waals surface area contributed by atoms with Gasteiger partial charge in [-0.1, -0.05) is 18.2 Å². The molecule has 0 fully saturated rings. The summed E-state index contributed by atoms with van der Waals surface area (Å²) in [6.07, 6.45) is 3.57. The second-order valence-electron chi connectivity index (χ2n) is 4.58. The molecule has 7 heteroatoms. The van der Waals surface area contributed by atoms with Crippen LogP contribution in [0.3, 0.4) is 0 Å². The maximum atomic E-state index is 11.8. The van der Waals surface area contributed by atoms with Gasteiger partial charge in [-0.3, -0.25) is 0 Å². The Morgan fingerprint density at radius 1 is 1.30 bits per heavy atom. The molecule has 0 radical (unpaired) electrons. The highest BCUT2D eigenvalue weighted by molar-refractivity contribution is 7.87. The summed E-state index contributed by atoms with van der Waals surface area (Å²) in [5.74, 6) is 0.855. The van der Waals surface area contributed by atoms with Gasteiger partial charge < -0.3 is 4.57 Å². The molecule has 6 nitrogen and oxygen atoms in total. The van der Waals surface area contributed by atoms with Crippen molar-refractivity contribution in [1.82, 2.24) is 18.6 Å². The number of benzene rings is 1. The standard InChI is InChI=1S/C13H18N4O2S/c1-11-14-8-9-17(11)13-7-5-4-6-12(13)10-15-20(18,19)16(2)3/h4-9,15H,10H2,1-3H3. The largest absolute Gasteiger partial charge is 0.304 e. The zero-order valence-corrected chi connectivity index (χ0v) is 12.6. The van der Waals surface area contributed by atoms with E-state index < -0.39 is 10.2 Å². The van der Waals surface area contributed by atoms with E-state index in [9.17, 15) is 8.42 Å². The summed E-state index contributed by atoms with van der Waals surface area (Å²) in [5, 5.41) is 0. The second kappa shape index (κ2) is 5.74. The Hall–Kier alpha value is -1.70. The van der Waals surface area contributed by atoms with Gasteiger partial charge in [-0.2, -0.15) is 17.4 Å². The number of para-hydroxylation sites is 1. The van der Waals surface area contributed by atoms with E-state index in [1.807, 2.05) is 42.0 Å². The van der Waals surface area contributed by atoms with Crippen LogP contribution < -0.4 is 4.72 Å². The lowest BCUT2D eigenvalue weighted by atomic mass is 10.2. The number of nitrogens with one attached hydrogen (secondary N) is 1. The summed E-state index contributed by atoms with van der Waals surface area (Å²) in [6.45, 7) is 2.13. The molecule has 1 heterocycles. The number of hydrogen-bond acceptors (Lipinski definition) is 3. The molecular weight excluding hydrogens is 276 g/mol. The van der Waals surface area contributed by atoms with Gasteiger partial charge in [-0.25, -0.2) is 4.98 Å². The highest BCUT2D eigenvalue weighted by Crippen LogP contribution is 2.16. The molecule has 108 valence electrons. The monoisotopic (exact) mass is 294 g/mol. The Labute approximate surface area is 119 Å². The van der Waals surface area contributed by atoms with Gasteiger partial charge >= 0.3 is 0 Å². The van der Waals surface area contributed by atoms with Crippen LogP contribution in [0, 0.1) is 6.92 Å². The molecule has 1 aromatic heterocycles. The van der Waals surface area contributed by atoms with E-state index >= 15 is 0 Å². The van der Waals surface area contributed by atoms with E-state index in [-0.39, 0.29) is 6.54 Å². The highest BCUT2D eigenvalue weighted by atomic mass is 32.2. The van der Waals surface area contributed by atoms with Crippen LogP contribution in [0.15, 0.2) is 36.7 Å². The zero-order chi connectivity index (χ0) is 14.8. The first-order chi connectivity index (χ1) is 9.42. The van der Waals surface area contributed by atoms with E-state index in [1.165, 1.54) is 14.1 Å². The molecule has 2 aromatic rings. The number of rotatable bonds is 5. The third-order valence-corrected chi connectivity index (χ3v) is 4.47. The van der Waals surface area contributed by atoms with Crippen molar-refractivity contribution in [3.05, 3.63) is 48.0 Å². The molecule has 1 aromatic carbocycles. The van der Waals surface area contributed by atoms with E-state index in [0.29, 0.717) is 0 Å². The average molecular weight is 294 g/mol. The smallest absolute Gasteiger partial charge is 0.279 e. The molecule has 20 heavy (non-hydrogen) atoms. The Balaban J connectivity index is 2.28. The van der Waals surface area contributed by atoms with Crippen molar-refractivity contribution in [3.8, 4) is 5.69 Å². The number of imidazole rings is 1.